The van der Waals surface area contributed by atoms with Crippen LogP contribution in [0.15, 0.2) is 103 Å². The molecule has 0 aromatic heterocycles. The van der Waals surface area contributed by atoms with Gasteiger partial charge in [-0.25, -0.2) is 0 Å². The number of hydrogen-bond donors (Lipinski definition) is 0. The standard InChI is InChI=1S/C29H30O2Si/c30-29(28-19-26-16-17-27(28)18-26)31-32(20-23-10-4-1-5-11-23,21-24-12-6-2-7-13-24)22-25-14-8-3-9-15-25/h1-17,26-28H,18-22H2. The molecule has 3 aromatic rings. The normalized spacial score (nSPS) is 21.6. The van der Waals surface area contributed by atoms with E-state index < -0.39 is 8.32 Å². The summed E-state index contributed by atoms with van der Waals surface area (Å²) in [4.78, 5) is 13.6. The van der Waals surface area contributed by atoms with Crippen molar-refractivity contribution in [1.82, 2.24) is 0 Å². The lowest BCUT2D eigenvalue weighted by Gasteiger charge is -2.34. The van der Waals surface area contributed by atoms with Gasteiger partial charge in [0.15, 0.2) is 0 Å². The van der Waals surface area contributed by atoms with Crippen LogP contribution in [0.4, 0.5) is 0 Å². The molecule has 3 unspecified atom stereocenters. The van der Waals surface area contributed by atoms with Gasteiger partial charge in [0.05, 0.1) is 5.92 Å². The molecule has 2 nitrogen and oxygen atoms in total. The summed E-state index contributed by atoms with van der Waals surface area (Å²) in [6.07, 6.45) is 6.60. The summed E-state index contributed by atoms with van der Waals surface area (Å²) in [6, 6.07) is 34.2. The molecule has 162 valence electrons. The van der Waals surface area contributed by atoms with Crippen molar-refractivity contribution in [2.24, 2.45) is 17.8 Å². The Bertz CT molecular complexity index is 961. The Morgan fingerprint density at radius 1 is 0.688 bits per heavy atom. The van der Waals surface area contributed by atoms with Gasteiger partial charge in [0, 0.05) is 18.1 Å². The second-order valence-corrected chi connectivity index (χ2v) is 13.1. The number of benzene rings is 3. The number of rotatable bonds is 8. The molecule has 3 atom stereocenters. The first-order valence-electron chi connectivity index (χ1n) is 11.7. The van der Waals surface area contributed by atoms with Crippen LogP contribution in [-0.2, 0) is 27.4 Å². The van der Waals surface area contributed by atoms with E-state index in [-0.39, 0.29) is 11.9 Å². The fourth-order valence-electron chi connectivity index (χ4n) is 5.54. The summed E-state index contributed by atoms with van der Waals surface area (Å²) in [5.74, 6) is 0.992. The van der Waals surface area contributed by atoms with Crippen molar-refractivity contribution in [2.45, 2.75) is 31.0 Å². The number of carbonyl (C=O) groups excluding carboxylic acids is 1. The molecule has 1 fully saturated rings. The Morgan fingerprint density at radius 2 is 1.16 bits per heavy atom. The molecule has 0 spiro atoms. The molecule has 2 bridgehead atoms. The molecule has 0 radical (unpaired) electrons. The van der Waals surface area contributed by atoms with Crippen LogP contribution in [0.5, 0.6) is 0 Å². The Kier molecular flexibility index (Phi) is 6.09. The highest BCUT2D eigenvalue weighted by Gasteiger charge is 2.45. The molecular formula is C29H30O2Si. The highest BCUT2D eigenvalue weighted by Crippen LogP contribution is 2.44. The molecule has 2 aliphatic rings. The van der Waals surface area contributed by atoms with Gasteiger partial charge in [0.25, 0.3) is 14.3 Å². The SMILES string of the molecule is O=C(O[Si](Cc1ccccc1)(Cc1ccccc1)Cc1ccccc1)C1CC2C=CC1C2. The maximum Gasteiger partial charge on any atom is 0.296 e. The van der Waals surface area contributed by atoms with Crippen molar-refractivity contribution in [2.75, 3.05) is 0 Å². The van der Waals surface area contributed by atoms with Crippen molar-refractivity contribution in [1.29, 1.82) is 0 Å². The van der Waals surface area contributed by atoms with E-state index in [4.69, 9.17) is 4.43 Å². The largest absolute Gasteiger partial charge is 0.518 e. The van der Waals surface area contributed by atoms with E-state index in [9.17, 15) is 4.79 Å². The minimum absolute atomic E-state index is 0.0270. The van der Waals surface area contributed by atoms with Gasteiger partial charge in [0.2, 0.25) is 0 Å². The molecule has 0 aliphatic heterocycles. The van der Waals surface area contributed by atoms with Crippen LogP contribution >= 0.6 is 0 Å². The maximum absolute atomic E-state index is 13.6. The van der Waals surface area contributed by atoms with Crippen LogP contribution in [0.3, 0.4) is 0 Å². The second-order valence-electron chi connectivity index (χ2n) is 9.48. The lowest BCUT2D eigenvalue weighted by atomic mass is 9.94. The molecule has 3 heteroatoms. The quantitative estimate of drug-likeness (QED) is 0.317. The van der Waals surface area contributed by atoms with Gasteiger partial charge >= 0.3 is 0 Å². The van der Waals surface area contributed by atoms with Crippen molar-refractivity contribution >= 4 is 14.3 Å². The monoisotopic (exact) mass is 438 g/mol. The van der Waals surface area contributed by atoms with Crippen LogP contribution in [0.1, 0.15) is 29.5 Å². The van der Waals surface area contributed by atoms with Gasteiger partial charge in [0.1, 0.15) is 0 Å². The number of allylic oxidation sites excluding steroid dienone is 2. The summed E-state index contributed by atoms with van der Waals surface area (Å²) in [7, 11) is -2.55. The summed E-state index contributed by atoms with van der Waals surface area (Å²) in [5.41, 5.74) is 3.77. The Balaban J connectivity index is 1.50. The fourth-order valence-corrected chi connectivity index (χ4v) is 9.65. The number of carbonyl (C=O) groups is 1. The zero-order chi connectivity index (χ0) is 21.8. The lowest BCUT2D eigenvalue weighted by Crippen LogP contribution is -2.50. The molecule has 3 aromatic carbocycles. The second kappa shape index (κ2) is 9.29. The van der Waals surface area contributed by atoms with Gasteiger partial charge < -0.3 is 4.43 Å². The summed E-state index contributed by atoms with van der Waals surface area (Å²) in [6.45, 7) is 0. The zero-order valence-electron chi connectivity index (χ0n) is 18.4. The molecular weight excluding hydrogens is 408 g/mol. The minimum atomic E-state index is -2.55. The Labute approximate surface area is 192 Å². The van der Waals surface area contributed by atoms with Gasteiger partial charge in [-0.2, -0.15) is 0 Å². The third kappa shape index (κ3) is 4.78. The van der Waals surface area contributed by atoms with Crippen LogP contribution in [0.2, 0.25) is 0 Å². The zero-order valence-corrected chi connectivity index (χ0v) is 19.4. The molecule has 0 heterocycles. The summed E-state index contributed by atoms with van der Waals surface area (Å²) >= 11 is 0. The maximum atomic E-state index is 13.6. The molecule has 2 aliphatic carbocycles. The number of hydrogen-bond acceptors (Lipinski definition) is 2. The van der Waals surface area contributed by atoms with Crippen LogP contribution < -0.4 is 0 Å². The van der Waals surface area contributed by atoms with Crippen molar-refractivity contribution in [3.05, 3.63) is 120 Å². The van der Waals surface area contributed by atoms with Crippen molar-refractivity contribution in [3.63, 3.8) is 0 Å². The third-order valence-corrected chi connectivity index (χ3v) is 10.8. The van der Waals surface area contributed by atoms with E-state index in [0.717, 1.165) is 31.0 Å². The molecule has 32 heavy (non-hydrogen) atoms. The van der Waals surface area contributed by atoms with Gasteiger partial charge in [-0.15, -0.1) is 0 Å². The minimum Gasteiger partial charge on any atom is -0.518 e. The fraction of sp³-hybridized carbons (Fsp3) is 0.276. The van der Waals surface area contributed by atoms with Gasteiger partial charge in [-0.05, 0) is 41.4 Å². The topological polar surface area (TPSA) is 26.3 Å². The average Bonchev–Trinajstić information content (AvgIpc) is 3.45. The molecule has 5 rings (SSSR count). The van der Waals surface area contributed by atoms with Crippen molar-refractivity contribution < 1.29 is 9.22 Å². The first kappa shape index (κ1) is 21.0. The van der Waals surface area contributed by atoms with E-state index in [1.807, 2.05) is 0 Å². The van der Waals surface area contributed by atoms with E-state index in [0.29, 0.717) is 11.8 Å². The Morgan fingerprint density at radius 3 is 1.53 bits per heavy atom. The summed E-state index contributed by atoms with van der Waals surface area (Å²) in [5, 5.41) is 0. The van der Waals surface area contributed by atoms with Crippen LogP contribution in [-0.4, -0.2) is 14.3 Å². The van der Waals surface area contributed by atoms with E-state index >= 15 is 0 Å². The average molecular weight is 439 g/mol. The number of fused-ring (bicyclic) bond motifs is 2. The van der Waals surface area contributed by atoms with Crippen molar-refractivity contribution in [3.8, 4) is 0 Å². The van der Waals surface area contributed by atoms with Gasteiger partial charge in [-0.3, -0.25) is 4.79 Å². The lowest BCUT2D eigenvalue weighted by molar-refractivity contribution is -0.140. The van der Waals surface area contributed by atoms with Crippen LogP contribution in [0.25, 0.3) is 0 Å². The highest BCUT2D eigenvalue weighted by atomic mass is 28.4. The predicted molar refractivity (Wildman–Crippen MR) is 131 cm³/mol. The highest BCUT2D eigenvalue weighted by molar-refractivity contribution is 6.73. The molecule has 0 saturated heterocycles. The third-order valence-electron chi connectivity index (χ3n) is 7.01. The van der Waals surface area contributed by atoms with Gasteiger partial charge in [-0.1, -0.05) is 103 Å². The van der Waals surface area contributed by atoms with Crippen LogP contribution in [0, 0.1) is 17.8 Å². The molecule has 1 saturated carbocycles. The van der Waals surface area contributed by atoms with E-state index in [1.165, 1.54) is 16.7 Å². The molecule has 0 amide bonds. The first-order valence-corrected chi connectivity index (χ1v) is 14.3. The molecule has 0 N–H and O–H groups in total. The predicted octanol–water partition coefficient (Wildman–Crippen LogP) is 6.03. The Hall–Kier alpha value is -2.91. The first-order chi connectivity index (χ1) is 15.7. The smallest absolute Gasteiger partial charge is 0.296 e. The summed E-state index contributed by atoms with van der Waals surface area (Å²) < 4.78 is 6.75. The van der Waals surface area contributed by atoms with E-state index in [1.54, 1.807) is 0 Å². The van der Waals surface area contributed by atoms with E-state index in [2.05, 4.69) is 103 Å².